The van der Waals surface area contributed by atoms with Crippen LogP contribution in [0, 0.1) is 0 Å². The maximum atomic E-state index is 11.9. The van der Waals surface area contributed by atoms with E-state index >= 15 is 0 Å². The van der Waals surface area contributed by atoms with Crippen LogP contribution in [0.1, 0.15) is 43.1 Å². The minimum Gasteiger partial charge on any atom is -0.367 e. The van der Waals surface area contributed by atoms with Gasteiger partial charge in [-0.2, -0.15) is 11.3 Å². The summed E-state index contributed by atoms with van der Waals surface area (Å²) in [4.78, 5) is 20.8. The molecule has 1 aliphatic heterocycles. The molecule has 2 aromatic heterocycles. The van der Waals surface area contributed by atoms with Crippen molar-refractivity contribution >= 4 is 17.2 Å². The lowest BCUT2D eigenvalue weighted by Crippen LogP contribution is -2.32. The van der Waals surface area contributed by atoms with Crippen molar-refractivity contribution in [1.82, 2.24) is 15.3 Å². The van der Waals surface area contributed by atoms with Gasteiger partial charge in [-0.1, -0.05) is 0 Å². The van der Waals surface area contributed by atoms with E-state index in [1.54, 1.807) is 23.7 Å². The molecular weight excluding hydrogens is 310 g/mol. The minimum atomic E-state index is -0.376. The molecule has 2 aromatic rings. The number of thiophene rings is 1. The van der Waals surface area contributed by atoms with Crippen LogP contribution in [0.4, 0.5) is 0 Å². The zero-order chi connectivity index (χ0) is 16.1. The van der Waals surface area contributed by atoms with Crippen LogP contribution in [0.3, 0.4) is 0 Å². The van der Waals surface area contributed by atoms with Crippen molar-refractivity contribution in [1.29, 1.82) is 0 Å². The molecule has 0 saturated carbocycles. The molecular formula is C17H21N3O2S. The molecule has 6 heteroatoms. The average Bonchev–Trinajstić information content (AvgIpc) is 3.07. The molecule has 23 heavy (non-hydrogen) atoms. The van der Waals surface area contributed by atoms with Gasteiger partial charge in [0.15, 0.2) is 5.82 Å². The summed E-state index contributed by atoms with van der Waals surface area (Å²) in [5.74, 6) is 0.737. The van der Waals surface area contributed by atoms with Crippen molar-refractivity contribution in [3.63, 3.8) is 0 Å². The summed E-state index contributed by atoms with van der Waals surface area (Å²) < 4.78 is 5.85. The monoisotopic (exact) mass is 331 g/mol. The Morgan fingerprint density at radius 2 is 2.17 bits per heavy atom. The van der Waals surface area contributed by atoms with Gasteiger partial charge in [0.2, 0.25) is 5.91 Å². The highest BCUT2D eigenvalue weighted by Crippen LogP contribution is 2.32. The zero-order valence-corrected chi connectivity index (χ0v) is 14.1. The van der Waals surface area contributed by atoms with Crippen molar-refractivity contribution in [2.45, 2.75) is 44.8 Å². The molecule has 5 nitrogen and oxygen atoms in total. The molecule has 1 amide bonds. The summed E-state index contributed by atoms with van der Waals surface area (Å²) in [6.07, 6.45) is 7.15. The van der Waals surface area contributed by atoms with E-state index in [4.69, 9.17) is 4.74 Å². The first kappa shape index (κ1) is 16.1. The van der Waals surface area contributed by atoms with E-state index in [9.17, 15) is 4.79 Å². The van der Waals surface area contributed by atoms with Crippen molar-refractivity contribution in [3.8, 4) is 0 Å². The SMILES string of the molecule is C[C@@]1(c2ncc(CNC(=O)Cc3ccsc3)cn2)CCCCO1. The second-order valence-corrected chi connectivity index (χ2v) is 6.82. The Morgan fingerprint density at radius 3 is 2.83 bits per heavy atom. The van der Waals surface area contributed by atoms with E-state index < -0.39 is 0 Å². The van der Waals surface area contributed by atoms with Crippen LogP contribution in [0.15, 0.2) is 29.2 Å². The molecule has 1 N–H and O–H groups in total. The molecule has 1 atom stereocenters. The van der Waals surface area contributed by atoms with Gasteiger partial charge in [0, 0.05) is 31.1 Å². The lowest BCUT2D eigenvalue weighted by atomic mass is 9.95. The number of rotatable bonds is 5. The molecule has 1 aliphatic rings. The largest absolute Gasteiger partial charge is 0.367 e. The summed E-state index contributed by atoms with van der Waals surface area (Å²) in [5.41, 5.74) is 1.56. The van der Waals surface area contributed by atoms with Gasteiger partial charge in [-0.15, -0.1) is 0 Å². The third-order valence-electron chi connectivity index (χ3n) is 4.08. The van der Waals surface area contributed by atoms with Gasteiger partial charge in [-0.25, -0.2) is 9.97 Å². The smallest absolute Gasteiger partial charge is 0.224 e. The number of aromatic nitrogens is 2. The number of hydrogen-bond donors (Lipinski definition) is 1. The summed E-state index contributed by atoms with van der Waals surface area (Å²) in [6.45, 7) is 3.25. The summed E-state index contributed by atoms with van der Waals surface area (Å²) in [7, 11) is 0. The first-order chi connectivity index (χ1) is 11.2. The quantitative estimate of drug-likeness (QED) is 0.915. The number of nitrogens with zero attached hydrogens (tertiary/aromatic N) is 2. The van der Waals surface area contributed by atoms with Crippen molar-refractivity contribution in [3.05, 3.63) is 46.2 Å². The second kappa shape index (κ2) is 7.19. The molecule has 0 spiro atoms. The normalized spacial score (nSPS) is 21.1. The van der Waals surface area contributed by atoms with E-state index in [1.165, 1.54) is 0 Å². The zero-order valence-electron chi connectivity index (χ0n) is 13.2. The molecule has 3 rings (SSSR count). The maximum Gasteiger partial charge on any atom is 0.224 e. The van der Waals surface area contributed by atoms with Crippen LogP contribution in [0.5, 0.6) is 0 Å². The molecule has 122 valence electrons. The van der Waals surface area contributed by atoms with Crippen LogP contribution >= 0.6 is 11.3 Å². The lowest BCUT2D eigenvalue weighted by Gasteiger charge is -2.32. The summed E-state index contributed by atoms with van der Waals surface area (Å²) in [6, 6.07) is 1.97. The fraction of sp³-hybridized carbons (Fsp3) is 0.471. The highest BCUT2D eigenvalue weighted by molar-refractivity contribution is 7.07. The number of ether oxygens (including phenoxy) is 1. The lowest BCUT2D eigenvalue weighted by molar-refractivity contribution is -0.120. The predicted octanol–water partition coefficient (Wildman–Crippen LogP) is 2.81. The van der Waals surface area contributed by atoms with E-state index in [2.05, 4.69) is 15.3 Å². The number of hydrogen-bond acceptors (Lipinski definition) is 5. The molecule has 0 unspecified atom stereocenters. The van der Waals surface area contributed by atoms with Gasteiger partial charge in [0.25, 0.3) is 0 Å². The van der Waals surface area contributed by atoms with Crippen molar-refractivity contribution in [2.24, 2.45) is 0 Å². The van der Waals surface area contributed by atoms with Gasteiger partial charge in [-0.05, 0) is 48.6 Å². The highest BCUT2D eigenvalue weighted by atomic mass is 32.1. The van der Waals surface area contributed by atoms with Crippen LogP contribution < -0.4 is 5.32 Å². The maximum absolute atomic E-state index is 11.9. The van der Waals surface area contributed by atoms with Crippen LogP contribution in [0.2, 0.25) is 0 Å². The van der Waals surface area contributed by atoms with Gasteiger partial charge >= 0.3 is 0 Å². The van der Waals surface area contributed by atoms with Gasteiger partial charge in [0.1, 0.15) is 5.60 Å². The van der Waals surface area contributed by atoms with E-state index in [0.717, 1.165) is 42.8 Å². The van der Waals surface area contributed by atoms with Gasteiger partial charge in [-0.3, -0.25) is 4.79 Å². The number of nitrogens with one attached hydrogen (secondary N) is 1. The Balaban J connectivity index is 1.54. The topological polar surface area (TPSA) is 64.1 Å². The minimum absolute atomic E-state index is 0.00931. The third-order valence-corrected chi connectivity index (χ3v) is 4.81. The molecule has 0 aromatic carbocycles. The van der Waals surface area contributed by atoms with E-state index in [0.29, 0.717) is 13.0 Å². The fourth-order valence-corrected chi connectivity index (χ4v) is 3.34. The number of amides is 1. The summed E-state index contributed by atoms with van der Waals surface area (Å²) in [5, 5.41) is 6.86. The first-order valence-electron chi connectivity index (χ1n) is 7.89. The predicted molar refractivity (Wildman–Crippen MR) is 89.1 cm³/mol. The Bertz CT molecular complexity index is 634. The first-order valence-corrected chi connectivity index (χ1v) is 8.83. The molecule has 1 saturated heterocycles. The van der Waals surface area contributed by atoms with Crippen molar-refractivity contribution < 1.29 is 9.53 Å². The number of carbonyl (C=O) groups excluding carboxylic acids is 1. The van der Waals surface area contributed by atoms with Crippen LogP contribution in [0.25, 0.3) is 0 Å². The molecule has 3 heterocycles. The Morgan fingerprint density at radius 1 is 1.35 bits per heavy atom. The Kier molecular flexibility index (Phi) is 5.03. The second-order valence-electron chi connectivity index (χ2n) is 6.04. The van der Waals surface area contributed by atoms with E-state index in [-0.39, 0.29) is 11.5 Å². The molecule has 0 radical (unpaired) electrons. The van der Waals surface area contributed by atoms with Gasteiger partial charge < -0.3 is 10.1 Å². The van der Waals surface area contributed by atoms with Crippen LogP contribution in [-0.4, -0.2) is 22.5 Å². The Hall–Kier alpha value is -1.79. The van der Waals surface area contributed by atoms with Crippen LogP contribution in [-0.2, 0) is 28.1 Å². The summed E-state index contributed by atoms with van der Waals surface area (Å²) >= 11 is 1.60. The highest BCUT2D eigenvalue weighted by Gasteiger charge is 2.32. The third kappa shape index (κ3) is 4.14. The molecule has 1 fully saturated rings. The van der Waals surface area contributed by atoms with Gasteiger partial charge in [0.05, 0.1) is 6.42 Å². The average molecular weight is 331 g/mol. The Labute approximate surface area is 140 Å². The fourth-order valence-electron chi connectivity index (χ4n) is 2.67. The van der Waals surface area contributed by atoms with E-state index in [1.807, 2.05) is 23.8 Å². The molecule has 0 bridgehead atoms. The standard InChI is InChI=1S/C17H21N3O2S/c1-17(5-2-3-6-22-17)16-19-10-14(11-20-16)9-18-15(21)8-13-4-7-23-12-13/h4,7,10-12H,2-3,5-6,8-9H2,1H3,(H,18,21)/t17-/m0/s1. The molecule has 0 aliphatic carbocycles. The number of carbonyl (C=O) groups is 1. The van der Waals surface area contributed by atoms with Crippen molar-refractivity contribution in [2.75, 3.05) is 6.61 Å².